The molecule has 3 rings (SSSR count). The highest BCUT2D eigenvalue weighted by Gasteiger charge is 2.24. The minimum absolute atomic E-state index is 0.167. The van der Waals surface area contributed by atoms with Crippen molar-refractivity contribution in [2.45, 2.75) is 25.8 Å². The van der Waals surface area contributed by atoms with E-state index in [2.05, 4.69) is 27.2 Å². The predicted octanol–water partition coefficient (Wildman–Crippen LogP) is 2.39. The molecule has 0 bridgehead atoms. The fourth-order valence-corrected chi connectivity index (χ4v) is 3.81. The van der Waals surface area contributed by atoms with Crippen LogP contribution < -0.4 is 5.32 Å². The Kier molecular flexibility index (Phi) is 7.74. The molecule has 2 aliphatic heterocycles. The smallest absolute Gasteiger partial charge is 0.223 e. The van der Waals surface area contributed by atoms with Crippen molar-refractivity contribution in [3.05, 3.63) is 34.9 Å². The molecule has 0 unspecified atom stereocenters. The first-order valence-electron chi connectivity index (χ1n) is 9.75. The molecule has 5 nitrogen and oxygen atoms in total. The van der Waals surface area contributed by atoms with Gasteiger partial charge >= 0.3 is 0 Å². The summed E-state index contributed by atoms with van der Waals surface area (Å²) in [6.45, 7) is 8.42. The first-order valence-corrected chi connectivity index (χ1v) is 10.1. The van der Waals surface area contributed by atoms with Crippen molar-refractivity contribution in [3.8, 4) is 0 Å². The summed E-state index contributed by atoms with van der Waals surface area (Å²) in [6, 6.07) is 8.03. The van der Waals surface area contributed by atoms with E-state index in [1.807, 2.05) is 12.1 Å². The van der Waals surface area contributed by atoms with E-state index < -0.39 is 0 Å². The zero-order chi connectivity index (χ0) is 18.2. The quantitative estimate of drug-likeness (QED) is 0.739. The second-order valence-corrected chi connectivity index (χ2v) is 7.71. The number of rotatable bonds is 7. The molecular formula is C20H30ClN3O2. The van der Waals surface area contributed by atoms with Gasteiger partial charge < -0.3 is 10.1 Å². The van der Waals surface area contributed by atoms with Crippen LogP contribution in [0.3, 0.4) is 0 Å². The number of carbonyl (C=O) groups excluding carboxylic acids is 1. The molecule has 6 heteroatoms. The summed E-state index contributed by atoms with van der Waals surface area (Å²) >= 11 is 5.94. The van der Waals surface area contributed by atoms with Crippen LogP contribution >= 0.6 is 11.6 Å². The maximum absolute atomic E-state index is 12.4. The number of morpholine rings is 1. The molecule has 0 radical (unpaired) electrons. The number of nitrogens with one attached hydrogen (secondary N) is 1. The summed E-state index contributed by atoms with van der Waals surface area (Å²) in [7, 11) is 0. The lowest BCUT2D eigenvalue weighted by atomic mass is 9.95. The molecule has 0 aromatic heterocycles. The number of hydrogen-bond donors (Lipinski definition) is 1. The standard InChI is InChI=1S/C20H30ClN3O2/c21-19-4-2-17(3-5-19)16-24-10-6-18(7-11-24)20(25)22-8-1-9-23-12-14-26-15-13-23/h2-5,18H,1,6-16H2,(H,22,25). The molecule has 1 N–H and O–H groups in total. The van der Waals surface area contributed by atoms with Crippen LogP contribution in [0.1, 0.15) is 24.8 Å². The molecule has 0 aliphatic carbocycles. The van der Waals surface area contributed by atoms with Crippen LogP contribution in [-0.4, -0.2) is 68.2 Å². The van der Waals surface area contributed by atoms with Gasteiger partial charge in [0, 0.05) is 37.1 Å². The topological polar surface area (TPSA) is 44.8 Å². The monoisotopic (exact) mass is 379 g/mol. The van der Waals surface area contributed by atoms with Crippen LogP contribution in [0.5, 0.6) is 0 Å². The number of benzene rings is 1. The highest BCUT2D eigenvalue weighted by molar-refractivity contribution is 6.30. The lowest BCUT2D eigenvalue weighted by Gasteiger charge is -2.31. The second kappa shape index (κ2) is 10.3. The SMILES string of the molecule is O=C(NCCCN1CCOCC1)C1CCN(Cc2ccc(Cl)cc2)CC1. The normalized spacial score (nSPS) is 20.2. The van der Waals surface area contributed by atoms with Gasteiger partial charge in [0.15, 0.2) is 0 Å². The Hall–Kier alpha value is -1.14. The van der Waals surface area contributed by atoms with Gasteiger partial charge in [-0.1, -0.05) is 23.7 Å². The van der Waals surface area contributed by atoms with Gasteiger partial charge in [0.2, 0.25) is 5.91 Å². The van der Waals surface area contributed by atoms with Crippen LogP contribution in [0.4, 0.5) is 0 Å². The van der Waals surface area contributed by atoms with Crippen molar-refractivity contribution in [1.82, 2.24) is 15.1 Å². The van der Waals surface area contributed by atoms with Crippen LogP contribution in [0, 0.1) is 5.92 Å². The van der Waals surface area contributed by atoms with E-state index in [4.69, 9.17) is 16.3 Å². The van der Waals surface area contributed by atoms with Crippen molar-refractivity contribution in [2.75, 3.05) is 52.5 Å². The fourth-order valence-electron chi connectivity index (χ4n) is 3.68. The van der Waals surface area contributed by atoms with Crippen LogP contribution in [-0.2, 0) is 16.1 Å². The molecule has 2 saturated heterocycles. The van der Waals surface area contributed by atoms with Gasteiger partial charge in [0.05, 0.1) is 13.2 Å². The highest BCUT2D eigenvalue weighted by Crippen LogP contribution is 2.20. The van der Waals surface area contributed by atoms with E-state index in [1.54, 1.807) is 0 Å². The molecular weight excluding hydrogens is 350 g/mol. The highest BCUT2D eigenvalue weighted by atomic mass is 35.5. The molecule has 1 aromatic rings. The predicted molar refractivity (Wildman–Crippen MR) is 104 cm³/mol. The third-order valence-corrected chi connectivity index (χ3v) is 5.58. The molecule has 0 saturated carbocycles. The largest absolute Gasteiger partial charge is 0.379 e. The molecule has 0 atom stereocenters. The van der Waals surface area contributed by atoms with Gasteiger partial charge in [-0.15, -0.1) is 0 Å². The molecule has 2 fully saturated rings. The molecule has 144 valence electrons. The third kappa shape index (κ3) is 6.23. The zero-order valence-corrected chi connectivity index (χ0v) is 16.2. The number of amides is 1. The zero-order valence-electron chi connectivity index (χ0n) is 15.5. The summed E-state index contributed by atoms with van der Waals surface area (Å²) in [5.41, 5.74) is 1.28. The van der Waals surface area contributed by atoms with Crippen molar-refractivity contribution >= 4 is 17.5 Å². The Morgan fingerprint density at radius 1 is 1.08 bits per heavy atom. The Balaban J connectivity index is 1.29. The molecule has 26 heavy (non-hydrogen) atoms. The second-order valence-electron chi connectivity index (χ2n) is 7.28. The Labute approximate surface area is 161 Å². The van der Waals surface area contributed by atoms with Crippen LogP contribution in [0.2, 0.25) is 5.02 Å². The number of hydrogen-bond acceptors (Lipinski definition) is 4. The summed E-state index contributed by atoms with van der Waals surface area (Å²) < 4.78 is 5.35. The minimum atomic E-state index is 0.167. The van der Waals surface area contributed by atoms with Crippen LogP contribution in [0.25, 0.3) is 0 Å². The van der Waals surface area contributed by atoms with E-state index in [-0.39, 0.29) is 11.8 Å². The maximum atomic E-state index is 12.4. The summed E-state index contributed by atoms with van der Waals surface area (Å²) in [5, 5.41) is 3.91. The first kappa shape index (κ1) is 19.6. The molecule has 0 spiro atoms. The van der Waals surface area contributed by atoms with E-state index in [0.717, 1.165) is 83.3 Å². The lowest BCUT2D eigenvalue weighted by Crippen LogP contribution is -2.41. The Morgan fingerprint density at radius 2 is 1.77 bits per heavy atom. The van der Waals surface area contributed by atoms with Gasteiger partial charge in [-0.3, -0.25) is 14.6 Å². The number of halogens is 1. The number of ether oxygens (including phenoxy) is 1. The number of piperidine rings is 1. The van der Waals surface area contributed by atoms with E-state index >= 15 is 0 Å². The average Bonchev–Trinajstić information content (AvgIpc) is 2.68. The van der Waals surface area contributed by atoms with Gasteiger partial charge in [0.25, 0.3) is 0 Å². The van der Waals surface area contributed by atoms with Crippen molar-refractivity contribution in [3.63, 3.8) is 0 Å². The number of carbonyl (C=O) groups is 1. The number of likely N-dealkylation sites (tertiary alicyclic amines) is 1. The van der Waals surface area contributed by atoms with Gasteiger partial charge in [-0.25, -0.2) is 0 Å². The van der Waals surface area contributed by atoms with Gasteiger partial charge in [0.1, 0.15) is 0 Å². The number of nitrogens with zero attached hydrogens (tertiary/aromatic N) is 2. The Morgan fingerprint density at radius 3 is 2.46 bits per heavy atom. The Bertz CT molecular complexity index is 553. The molecule has 1 amide bonds. The third-order valence-electron chi connectivity index (χ3n) is 5.33. The van der Waals surface area contributed by atoms with Crippen LogP contribution in [0.15, 0.2) is 24.3 Å². The summed E-state index contributed by atoms with van der Waals surface area (Å²) in [5.74, 6) is 0.401. The van der Waals surface area contributed by atoms with E-state index in [1.165, 1.54) is 5.56 Å². The first-order chi connectivity index (χ1) is 12.7. The van der Waals surface area contributed by atoms with E-state index in [9.17, 15) is 4.79 Å². The fraction of sp³-hybridized carbons (Fsp3) is 0.650. The lowest BCUT2D eigenvalue weighted by molar-refractivity contribution is -0.126. The molecule has 1 aromatic carbocycles. The maximum Gasteiger partial charge on any atom is 0.223 e. The average molecular weight is 380 g/mol. The summed E-state index contributed by atoms with van der Waals surface area (Å²) in [4.78, 5) is 17.2. The molecule has 2 aliphatic rings. The molecule has 2 heterocycles. The summed E-state index contributed by atoms with van der Waals surface area (Å²) in [6.07, 6.45) is 2.91. The van der Waals surface area contributed by atoms with Gasteiger partial charge in [-0.2, -0.15) is 0 Å². The van der Waals surface area contributed by atoms with Crippen molar-refractivity contribution in [2.24, 2.45) is 5.92 Å². The minimum Gasteiger partial charge on any atom is -0.379 e. The van der Waals surface area contributed by atoms with E-state index in [0.29, 0.717) is 0 Å². The van der Waals surface area contributed by atoms with Gasteiger partial charge in [-0.05, 0) is 56.6 Å². The van der Waals surface area contributed by atoms with Crippen molar-refractivity contribution < 1.29 is 9.53 Å². The van der Waals surface area contributed by atoms with Crippen molar-refractivity contribution in [1.29, 1.82) is 0 Å².